The number of amides is 1. The maximum absolute atomic E-state index is 12.2. The maximum Gasteiger partial charge on any atom is 0.231 e. The van der Waals surface area contributed by atoms with Gasteiger partial charge in [-0.1, -0.05) is 49.7 Å². The molecule has 142 valence electrons. The highest BCUT2D eigenvalue weighted by Crippen LogP contribution is 2.25. The molecule has 0 bridgehead atoms. The minimum Gasteiger partial charge on any atom is -0.346 e. The van der Waals surface area contributed by atoms with Gasteiger partial charge in [0.2, 0.25) is 11.1 Å². The van der Waals surface area contributed by atoms with E-state index in [1.165, 1.54) is 18.7 Å². The van der Waals surface area contributed by atoms with Crippen molar-refractivity contribution < 1.29 is 9.59 Å². The van der Waals surface area contributed by atoms with E-state index >= 15 is 0 Å². The van der Waals surface area contributed by atoms with Gasteiger partial charge in [-0.25, -0.2) is 4.98 Å². The number of ketones is 1. The monoisotopic (exact) mass is 385 g/mol. The summed E-state index contributed by atoms with van der Waals surface area (Å²) >= 11 is 1.22. The number of hydrogen-bond acceptors (Lipinski definition) is 6. The van der Waals surface area contributed by atoms with Crippen LogP contribution in [0.1, 0.15) is 33.1 Å². The number of carbonyl (C=O) groups excluding carboxylic acids is 2. The van der Waals surface area contributed by atoms with Crippen LogP contribution in [0.3, 0.4) is 0 Å². The van der Waals surface area contributed by atoms with Crippen LogP contribution in [0.4, 0.5) is 0 Å². The van der Waals surface area contributed by atoms with Gasteiger partial charge in [0, 0.05) is 12.4 Å². The number of Topliss-reactive ketones (excluding diaryl/α,β-unsaturated/α-hetero) is 1. The second-order valence-corrected chi connectivity index (χ2v) is 7.45. The lowest BCUT2D eigenvalue weighted by molar-refractivity contribution is -0.125. The summed E-state index contributed by atoms with van der Waals surface area (Å²) in [5, 5.41) is 12.7. The van der Waals surface area contributed by atoms with Crippen LogP contribution in [0, 0.1) is 0 Å². The Kier molecular flexibility index (Phi) is 6.05. The smallest absolute Gasteiger partial charge is 0.231 e. The van der Waals surface area contributed by atoms with Crippen LogP contribution in [0.15, 0.2) is 29.4 Å². The van der Waals surface area contributed by atoms with E-state index < -0.39 is 6.04 Å². The highest BCUT2D eigenvalue weighted by molar-refractivity contribution is 7.99. The van der Waals surface area contributed by atoms with Gasteiger partial charge < -0.3 is 9.88 Å². The van der Waals surface area contributed by atoms with E-state index in [1.807, 2.05) is 35.9 Å². The summed E-state index contributed by atoms with van der Waals surface area (Å²) in [5.74, 6) is -0.0683. The number of rotatable bonds is 8. The molecule has 2 aromatic heterocycles. The molecule has 0 saturated carbocycles. The van der Waals surface area contributed by atoms with E-state index in [1.54, 1.807) is 0 Å². The van der Waals surface area contributed by atoms with Crippen molar-refractivity contribution in [2.75, 3.05) is 5.75 Å². The molecule has 0 aliphatic carbocycles. The summed E-state index contributed by atoms with van der Waals surface area (Å²) < 4.78 is 1.97. The molecule has 0 saturated heterocycles. The molecule has 0 spiro atoms. The van der Waals surface area contributed by atoms with Crippen molar-refractivity contribution in [2.45, 2.75) is 44.3 Å². The molecule has 0 unspecified atom stereocenters. The van der Waals surface area contributed by atoms with Crippen LogP contribution in [-0.2, 0) is 16.6 Å². The molecule has 1 amide bonds. The first kappa shape index (κ1) is 19.3. The molecule has 0 aliphatic heterocycles. The lowest BCUT2D eigenvalue weighted by atomic mass is 10.1. The number of para-hydroxylation sites is 1. The zero-order chi connectivity index (χ0) is 19.4. The van der Waals surface area contributed by atoms with Gasteiger partial charge in [-0.3, -0.25) is 9.59 Å². The first-order chi connectivity index (χ1) is 13.0. The number of hydrogen-bond donors (Lipinski definition) is 1. The number of thioether (sulfide) groups is 1. The Labute approximate surface area is 161 Å². The molecular formula is C19H23N5O2S. The first-order valence-electron chi connectivity index (χ1n) is 9.01. The summed E-state index contributed by atoms with van der Waals surface area (Å²) in [6.45, 7) is 3.57. The largest absolute Gasteiger partial charge is 0.346 e. The van der Waals surface area contributed by atoms with Crippen molar-refractivity contribution in [3.63, 3.8) is 0 Å². The zero-order valence-electron chi connectivity index (χ0n) is 15.7. The molecule has 2 heterocycles. The number of fused-ring (bicyclic) bond motifs is 3. The number of aromatic nitrogens is 4. The van der Waals surface area contributed by atoms with Crippen molar-refractivity contribution in [3.8, 4) is 0 Å². The maximum atomic E-state index is 12.2. The predicted octanol–water partition coefficient (Wildman–Crippen LogP) is 2.87. The third kappa shape index (κ3) is 4.27. The quantitative estimate of drug-likeness (QED) is 0.600. The third-order valence-corrected chi connectivity index (χ3v) is 5.33. The van der Waals surface area contributed by atoms with Crippen molar-refractivity contribution in [1.29, 1.82) is 0 Å². The van der Waals surface area contributed by atoms with Crippen LogP contribution in [0.25, 0.3) is 22.1 Å². The molecule has 1 N–H and O–H groups in total. The van der Waals surface area contributed by atoms with E-state index in [0.29, 0.717) is 11.6 Å². The molecule has 1 aromatic carbocycles. The predicted molar refractivity (Wildman–Crippen MR) is 107 cm³/mol. The minimum absolute atomic E-state index is 0.0170. The van der Waals surface area contributed by atoms with Crippen LogP contribution >= 0.6 is 11.8 Å². The number of carbonyl (C=O) groups is 2. The molecule has 0 fully saturated rings. The van der Waals surface area contributed by atoms with Gasteiger partial charge >= 0.3 is 0 Å². The van der Waals surface area contributed by atoms with Gasteiger partial charge in [-0.2, -0.15) is 0 Å². The number of nitrogens with zero attached hydrogens (tertiary/aromatic N) is 4. The molecule has 7 nitrogen and oxygen atoms in total. The lowest BCUT2D eigenvalue weighted by Gasteiger charge is -2.15. The van der Waals surface area contributed by atoms with Crippen molar-refractivity contribution in [2.24, 2.45) is 7.05 Å². The Bertz CT molecular complexity index is 985. The fourth-order valence-corrected chi connectivity index (χ4v) is 3.60. The zero-order valence-corrected chi connectivity index (χ0v) is 16.5. The summed E-state index contributed by atoms with van der Waals surface area (Å²) in [7, 11) is 1.94. The Balaban J connectivity index is 1.70. The molecule has 1 atom stereocenters. The molecule has 0 radical (unpaired) electrons. The van der Waals surface area contributed by atoms with E-state index in [2.05, 4.69) is 27.4 Å². The van der Waals surface area contributed by atoms with Gasteiger partial charge in [-0.15, -0.1) is 10.2 Å². The second-order valence-electron chi connectivity index (χ2n) is 6.50. The Hall–Kier alpha value is -2.48. The van der Waals surface area contributed by atoms with Crippen molar-refractivity contribution in [3.05, 3.63) is 24.3 Å². The van der Waals surface area contributed by atoms with Crippen LogP contribution in [0.2, 0.25) is 0 Å². The molecule has 3 aromatic rings. The molecule has 3 rings (SSSR count). The SMILES string of the molecule is CCCC[C@@H](NC(=O)CSc1nnc2c3ccccc3n(C)c2n1)C(C)=O. The molecule has 0 aliphatic rings. The lowest BCUT2D eigenvalue weighted by Crippen LogP contribution is -2.40. The minimum atomic E-state index is -0.419. The van der Waals surface area contributed by atoms with E-state index in [9.17, 15) is 9.59 Å². The average molecular weight is 385 g/mol. The van der Waals surface area contributed by atoms with Crippen molar-refractivity contribution >= 4 is 45.5 Å². The van der Waals surface area contributed by atoms with E-state index in [4.69, 9.17) is 0 Å². The number of nitrogens with one attached hydrogen (secondary N) is 1. The Morgan fingerprint density at radius 3 is 2.78 bits per heavy atom. The summed E-state index contributed by atoms with van der Waals surface area (Å²) in [4.78, 5) is 28.4. The molecule has 27 heavy (non-hydrogen) atoms. The van der Waals surface area contributed by atoms with E-state index in [0.717, 1.165) is 34.9 Å². The summed E-state index contributed by atoms with van der Waals surface area (Å²) in [6.07, 6.45) is 2.56. The fourth-order valence-electron chi connectivity index (χ4n) is 3.00. The van der Waals surface area contributed by atoms with Crippen LogP contribution in [0.5, 0.6) is 0 Å². The van der Waals surface area contributed by atoms with Gasteiger partial charge in [0.05, 0.1) is 17.3 Å². The number of benzene rings is 1. The van der Waals surface area contributed by atoms with Crippen molar-refractivity contribution in [1.82, 2.24) is 25.1 Å². The van der Waals surface area contributed by atoms with Crippen LogP contribution in [-0.4, -0.2) is 43.2 Å². The summed E-state index contributed by atoms with van der Waals surface area (Å²) in [5.41, 5.74) is 2.52. The third-order valence-electron chi connectivity index (χ3n) is 4.49. The molecular weight excluding hydrogens is 362 g/mol. The van der Waals surface area contributed by atoms with Gasteiger partial charge in [0.1, 0.15) is 5.52 Å². The number of unbranched alkanes of at least 4 members (excludes halogenated alkanes) is 1. The highest BCUT2D eigenvalue weighted by atomic mass is 32.2. The molecule has 8 heteroatoms. The van der Waals surface area contributed by atoms with Gasteiger partial charge in [0.25, 0.3) is 0 Å². The topological polar surface area (TPSA) is 89.8 Å². The first-order valence-corrected chi connectivity index (χ1v) is 10.00. The summed E-state index contributed by atoms with van der Waals surface area (Å²) in [6, 6.07) is 7.51. The Morgan fingerprint density at radius 1 is 1.26 bits per heavy atom. The van der Waals surface area contributed by atoms with Gasteiger partial charge in [-0.05, 0) is 19.4 Å². The van der Waals surface area contributed by atoms with E-state index in [-0.39, 0.29) is 17.4 Å². The second kappa shape index (κ2) is 8.47. The normalized spacial score (nSPS) is 12.4. The number of aryl methyl sites for hydroxylation is 1. The Morgan fingerprint density at radius 2 is 2.04 bits per heavy atom. The fraction of sp³-hybridized carbons (Fsp3) is 0.421. The van der Waals surface area contributed by atoms with Gasteiger partial charge in [0.15, 0.2) is 11.4 Å². The van der Waals surface area contributed by atoms with Crippen LogP contribution < -0.4 is 5.32 Å². The highest BCUT2D eigenvalue weighted by Gasteiger charge is 2.17. The average Bonchev–Trinajstić information content (AvgIpc) is 2.95. The standard InChI is InChI=1S/C19H23N5O2S/c1-4-5-9-14(12(2)25)20-16(26)11-27-19-21-18-17(22-23-19)13-8-6-7-10-15(13)24(18)3/h6-8,10,14H,4-5,9,11H2,1-3H3,(H,20,26)/t14-/m1/s1.